The molecule has 1 rings (SSSR count). The number of para-hydroxylation sites is 1. The second-order valence-electron chi connectivity index (χ2n) is 3.70. The van der Waals surface area contributed by atoms with Gasteiger partial charge in [-0.1, -0.05) is 18.2 Å². The Labute approximate surface area is 91.0 Å². The van der Waals surface area contributed by atoms with Crippen molar-refractivity contribution in [3.8, 4) is 5.75 Å². The first-order valence-electron chi connectivity index (χ1n) is 4.77. The third kappa shape index (κ3) is 3.91. The van der Waals surface area contributed by atoms with Crippen LogP contribution in [-0.2, 0) is 9.84 Å². The lowest BCUT2D eigenvalue weighted by molar-refractivity contribution is 0.336. The third-order valence-electron chi connectivity index (χ3n) is 2.11. The molecule has 0 radical (unpaired) electrons. The van der Waals surface area contributed by atoms with Gasteiger partial charge in [-0.3, -0.25) is 0 Å². The fraction of sp³-hybridized carbons (Fsp3) is 0.455. The fourth-order valence-corrected chi connectivity index (χ4v) is 1.71. The molecule has 0 bridgehead atoms. The Morgan fingerprint density at radius 3 is 2.20 bits per heavy atom. The molecular weight excluding hydrogens is 212 g/mol. The number of benzene rings is 1. The lowest BCUT2D eigenvalue weighted by atomic mass is 10.1. The van der Waals surface area contributed by atoms with Gasteiger partial charge in [0.2, 0.25) is 0 Å². The SMILES string of the molecule is Cc1cccc(C)c1OCCS(C)(=O)=O. The van der Waals surface area contributed by atoms with Crippen LogP contribution in [0.25, 0.3) is 0 Å². The molecule has 0 amide bonds. The molecule has 0 atom stereocenters. The van der Waals surface area contributed by atoms with E-state index in [4.69, 9.17) is 4.74 Å². The molecular formula is C11H16O3S. The van der Waals surface area contributed by atoms with Gasteiger partial charge < -0.3 is 4.74 Å². The molecule has 4 heteroatoms. The minimum atomic E-state index is -2.94. The van der Waals surface area contributed by atoms with Crippen molar-refractivity contribution in [2.45, 2.75) is 13.8 Å². The summed E-state index contributed by atoms with van der Waals surface area (Å²) in [5, 5.41) is 0. The van der Waals surface area contributed by atoms with Crippen LogP contribution in [0.3, 0.4) is 0 Å². The van der Waals surface area contributed by atoms with Gasteiger partial charge in [0.05, 0.1) is 5.75 Å². The second kappa shape index (κ2) is 4.66. The van der Waals surface area contributed by atoms with Crippen molar-refractivity contribution < 1.29 is 13.2 Å². The predicted molar refractivity (Wildman–Crippen MR) is 61.1 cm³/mol. The zero-order valence-electron chi connectivity index (χ0n) is 9.28. The van der Waals surface area contributed by atoms with Crippen molar-refractivity contribution in [1.82, 2.24) is 0 Å². The Balaban J connectivity index is 2.66. The summed E-state index contributed by atoms with van der Waals surface area (Å²) in [6.45, 7) is 4.11. The van der Waals surface area contributed by atoms with Crippen LogP contribution in [-0.4, -0.2) is 27.0 Å². The molecule has 0 saturated heterocycles. The average molecular weight is 228 g/mol. The largest absolute Gasteiger partial charge is 0.492 e. The van der Waals surface area contributed by atoms with Crippen molar-refractivity contribution in [2.75, 3.05) is 18.6 Å². The summed E-state index contributed by atoms with van der Waals surface area (Å²) in [5.74, 6) is 0.849. The van der Waals surface area contributed by atoms with E-state index in [0.717, 1.165) is 16.9 Å². The Bertz CT molecular complexity index is 415. The molecule has 0 saturated carbocycles. The minimum Gasteiger partial charge on any atom is -0.492 e. The Morgan fingerprint density at radius 2 is 1.73 bits per heavy atom. The molecule has 84 valence electrons. The van der Waals surface area contributed by atoms with Gasteiger partial charge in [0, 0.05) is 6.26 Å². The molecule has 0 aliphatic heterocycles. The van der Waals surface area contributed by atoms with Gasteiger partial charge in [0.15, 0.2) is 9.84 Å². The van der Waals surface area contributed by atoms with E-state index in [1.54, 1.807) is 0 Å². The number of sulfone groups is 1. The third-order valence-corrected chi connectivity index (χ3v) is 3.02. The smallest absolute Gasteiger partial charge is 0.150 e. The molecule has 0 aliphatic rings. The van der Waals surface area contributed by atoms with Crippen molar-refractivity contribution in [2.24, 2.45) is 0 Å². The molecule has 0 unspecified atom stereocenters. The normalized spacial score (nSPS) is 11.4. The number of ether oxygens (including phenoxy) is 1. The summed E-state index contributed by atoms with van der Waals surface area (Å²) in [6.07, 6.45) is 1.21. The van der Waals surface area contributed by atoms with Gasteiger partial charge in [0.25, 0.3) is 0 Å². The van der Waals surface area contributed by atoms with Crippen molar-refractivity contribution >= 4 is 9.84 Å². The molecule has 0 fully saturated rings. The highest BCUT2D eigenvalue weighted by Gasteiger charge is 2.06. The summed E-state index contributed by atoms with van der Waals surface area (Å²) in [5.41, 5.74) is 2.06. The van der Waals surface area contributed by atoms with Crippen LogP contribution < -0.4 is 4.74 Å². The Morgan fingerprint density at radius 1 is 1.20 bits per heavy atom. The molecule has 0 N–H and O–H groups in total. The first kappa shape index (κ1) is 12.0. The van der Waals surface area contributed by atoms with E-state index in [-0.39, 0.29) is 12.4 Å². The first-order chi connectivity index (χ1) is 6.90. The van der Waals surface area contributed by atoms with Gasteiger partial charge in [-0.05, 0) is 25.0 Å². The molecule has 0 spiro atoms. The molecule has 0 aliphatic carbocycles. The van der Waals surface area contributed by atoms with Crippen LogP contribution in [0, 0.1) is 13.8 Å². The molecule has 3 nitrogen and oxygen atoms in total. The summed E-state index contributed by atoms with van der Waals surface area (Å²) in [7, 11) is -2.94. The zero-order chi connectivity index (χ0) is 11.5. The Kier molecular flexibility index (Phi) is 3.74. The highest BCUT2D eigenvalue weighted by atomic mass is 32.2. The van der Waals surface area contributed by atoms with Crippen LogP contribution in [0.2, 0.25) is 0 Å². The zero-order valence-corrected chi connectivity index (χ0v) is 10.1. The van der Waals surface area contributed by atoms with E-state index in [1.165, 1.54) is 6.26 Å². The highest BCUT2D eigenvalue weighted by Crippen LogP contribution is 2.22. The van der Waals surface area contributed by atoms with Crippen molar-refractivity contribution in [1.29, 1.82) is 0 Å². The maximum absolute atomic E-state index is 10.9. The molecule has 0 aromatic heterocycles. The number of rotatable bonds is 4. The van der Waals surface area contributed by atoms with E-state index in [0.29, 0.717) is 0 Å². The summed E-state index contributed by atoms with van der Waals surface area (Å²) >= 11 is 0. The molecule has 0 heterocycles. The average Bonchev–Trinajstić information content (AvgIpc) is 2.08. The summed E-state index contributed by atoms with van der Waals surface area (Å²) in [4.78, 5) is 0. The predicted octanol–water partition coefficient (Wildman–Crippen LogP) is 1.73. The summed E-state index contributed by atoms with van der Waals surface area (Å²) in [6, 6.07) is 5.85. The van der Waals surface area contributed by atoms with Gasteiger partial charge in [-0.15, -0.1) is 0 Å². The maximum atomic E-state index is 10.9. The van der Waals surface area contributed by atoms with E-state index in [9.17, 15) is 8.42 Å². The van der Waals surface area contributed by atoms with E-state index >= 15 is 0 Å². The van der Waals surface area contributed by atoms with Crippen LogP contribution in [0.4, 0.5) is 0 Å². The molecule has 15 heavy (non-hydrogen) atoms. The number of hydrogen-bond donors (Lipinski definition) is 0. The van der Waals surface area contributed by atoms with Crippen molar-refractivity contribution in [3.63, 3.8) is 0 Å². The monoisotopic (exact) mass is 228 g/mol. The molecule has 1 aromatic rings. The van der Waals surface area contributed by atoms with Crippen molar-refractivity contribution in [3.05, 3.63) is 29.3 Å². The Hall–Kier alpha value is -1.03. The number of hydrogen-bond acceptors (Lipinski definition) is 3. The standard InChI is InChI=1S/C11H16O3S/c1-9-5-4-6-10(2)11(9)14-7-8-15(3,12)13/h4-6H,7-8H2,1-3H3. The van der Waals surface area contributed by atoms with Gasteiger partial charge in [0.1, 0.15) is 12.4 Å². The first-order valence-corrected chi connectivity index (χ1v) is 6.83. The minimum absolute atomic E-state index is 0.0563. The topological polar surface area (TPSA) is 43.4 Å². The molecule has 1 aromatic carbocycles. The van der Waals surface area contributed by atoms with Crippen LogP contribution in [0.1, 0.15) is 11.1 Å². The quantitative estimate of drug-likeness (QED) is 0.788. The van der Waals surface area contributed by atoms with Gasteiger partial charge in [-0.25, -0.2) is 8.42 Å². The lowest BCUT2D eigenvalue weighted by Crippen LogP contribution is -2.12. The summed E-state index contributed by atoms with van der Waals surface area (Å²) < 4.78 is 27.3. The van der Waals surface area contributed by atoms with E-state index < -0.39 is 9.84 Å². The van der Waals surface area contributed by atoms with Gasteiger partial charge in [-0.2, -0.15) is 0 Å². The highest BCUT2D eigenvalue weighted by molar-refractivity contribution is 7.90. The fourth-order valence-electron chi connectivity index (χ4n) is 1.32. The maximum Gasteiger partial charge on any atom is 0.150 e. The van der Waals surface area contributed by atoms with E-state index in [2.05, 4.69) is 0 Å². The van der Waals surface area contributed by atoms with Crippen LogP contribution in [0.5, 0.6) is 5.75 Å². The van der Waals surface area contributed by atoms with E-state index in [1.807, 2.05) is 32.0 Å². The second-order valence-corrected chi connectivity index (χ2v) is 5.96. The van der Waals surface area contributed by atoms with Gasteiger partial charge >= 0.3 is 0 Å². The van der Waals surface area contributed by atoms with Crippen LogP contribution >= 0.6 is 0 Å². The number of aryl methyl sites for hydroxylation is 2. The van der Waals surface area contributed by atoms with Crippen LogP contribution in [0.15, 0.2) is 18.2 Å². The lowest BCUT2D eigenvalue weighted by Gasteiger charge is -2.11.